The molecule has 0 saturated heterocycles. The van der Waals surface area contributed by atoms with Crippen LogP contribution in [0.5, 0.6) is 0 Å². The number of nitrogens with zero attached hydrogens (tertiary/aromatic N) is 2. The highest BCUT2D eigenvalue weighted by atomic mass is 35.5. The number of aromatic nitrogens is 2. The Labute approximate surface area is 123 Å². The number of rotatable bonds is 3. The van der Waals surface area contributed by atoms with Crippen molar-refractivity contribution in [2.45, 2.75) is 44.5 Å². The fraction of sp³-hybridized carbons (Fsp3) is 0.692. The van der Waals surface area contributed by atoms with E-state index in [4.69, 9.17) is 23.2 Å². The number of carbonyl (C=O) groups is 1. The molecule has 4 nitrogen and oxygen atoms in total. The van der Waals surface area contributed by atoms with Crippen molar-refractivity contribution in [3.05, 3.63) is 17.0 Å². The van der Waals surface area contributed by atoms with Gasteiger partial charge >= 0.3 is 0 Å². The Hall–Kier alpha value is -0.740. The second-order valence-electron chi connectivity index (χ2n) is 5.62. The van der Waals surface area contributed by atoms with Crippen LogP contribution in [0.1, 0.15) is 43.3 Å². The summed E-state index contributed by atoms with van der Waals surface area (Å²) in [4.78, 5) is 12.2. The fourth-order valence-electron chi connectivity index (χ4n) is 2.49. The molecule has 1 aromatic rings. The Kier molecular flexibility index (Phi) is 3.38. The third-order valence-electron chi connectivity index (χ3n) is 4.10. The first-order chi connectivity index (χ1) is 8.60. The molecular weight excluding hydrogens is 285 g/mol. The lowest BCUT2D eigenvalue weighted by Crippen LogP contribution is -2.35. The Morgan fingerprint density at radius 1 is 1.47 bits per heavy atom. The summed E-state index contributed by atoms with van der Waals surface area (Å²) in [6.45, 7) is 7.67. The highest BCUT2D eigenvalue weighted by Gasteiger charge is 2.68. The van der Waals surface area contributed by atoms with Crippen molar-refractivity contribution in [3.63, 3.8) is 0 Å². The van der Waals surface area contributed by atoms with E-state index in [1.165, 1.54) is 0 Å². The minimum atomic E-state index is -0.935. The van der Waals surface area contributed by atoms with Gasteiger partial charge in [-0.3, -0.25) is 9.48 Å². The van der Waals surface area contributed by atoms with E-state index in [-0.39, 0.29) is 11.9 Å². The standard InChI is InChI=1S/C13H19Cl2N3O/c1-7(10-8(2)17-18(5)9(10)3)16-11(19)12(4)6-13(12,14)15/h7H,6H2,1-5H3,(H,16,19)/t7-,12-/m0/s1. The molecule has 2 atom stereocenters. The quantitative estimate of drug-likeness (QED) is 0.873. The van der Waals surface area contributed by atoms with Crippen LogP contribution in [-0.2, 0) is 11.8 Å². The predicted octanol–water partition coefficient (Wildman–Crippen LogP) is 2.80. The van der Waals surface area contributed by atoms with Crippen LogP contribution < -0.4 is 5.32 Å². The number of hydrogen-bond donors (Lipinski definition) is 1. The summed E-state index contributed by atoms with van der Waals surface area (Å²) in [7, 11) is 1.89. The number of halogens is 2. The van der Waals surface area contributed by atoms with Crippen LogP contribution in [-0.4, -0.2) is 20.0 Å². The number of nitrogens with one attached hydrogen (secondary N) is 1. The highest BCUT2D eigenvalue weighted by molar-refractivity contribution is 6.53. The minimum Gasteiger partial charge on any atom is -0.349 e. The van der Waals surface area contributed by atoms with Crippen molar-refractivity contribution >= 4 is 29.1 Å². The lowest BCUT2D eigenvalue weighted by molar-refractivity contribution is -0.126. The molecule has 0 radical (unpaired) electrons. The molecule has 106 valence electrons. The lowest BCUT2D eigenvalue weighted by atomic mass is 10.0. The first-order valence-electron chi connectivity index (χ1n) is 6.29. The van der Waals surface area contributed by atoms with Crippen molar-refractivity contribution in [2.75, 3.05) is 0 Å². The molecule has 1 aliphatic rings. The van der Waals surface area contributed by atoms with Gasteiger partial charge in [0.2, 0.25) is 5.91 Å². The zero-order valence-corrected chi connectivity index (χ0v) is 13.4. The monoisotopic (exact) mass is 303 g/mol. The summed E-state index contributed by atoms with van der Waals surface area (Å²) >= 11 is 12.1. The number of amides is 1. The van der Waals surface area contributed by atoms with E-state index in [9.17, 15) is 4.79 Å². The number of hydrogen-bond acceptors (Lipinski definition) is 2. The lowest BCUT2D eigenvalue weighted by Gasteiger charge is -2.19. The van der Waals surface area contributed by atoms with Crippen molar-refractivity contribution < 1.29 is 4.79 Å². The van der Waals surface area contributed by atoms with Crippen LogP contribution in [0.3, 0.4) is 0 Å². The first-order valence-corrected chi connectivity index (χ1v) is 7.04. The van der Waals surface area contributed by atoms with Gasteiger partial charge < -0.3 is 5.32 Å². The number of carbonyl (C=O) groups excluding carboxylic acids is 1. The zero-order chi connectivity index (χ0) is 14.6. The molecule has 1 heterocycles. The zero-order valence-electron chi connectivity index (χ0n) is 11.8. The second kappa shape index (κ2) is 4.38. The van der Waals surface area contributed by atoms with Crippen LogP contribution in [0, 0.1) is 19.3 Å². The summed E-state index contributed by atoms with van der Waals surface area (Å²) in [6, 6.07) is -0.109. The molecule has 1 N–H and O–H groups in total. The highest BCUT2D eigenvalue weighted by Crippen LogP contribution is 2.63. The van der Waals surface area contributed by atoms with Crippen LogP contribution in [0.15, 0.2) is 0 Å². The maximum atomic E-state index is 12.2. The smallest absolute Gasteiger partial charge is 0.229 e. The largest absolute Gasteiger partial charge is 0.349 e. The molecule has 0 aliphatic heterocycles. The summed E-state index contributed by atoms with van der Waals surface area (Å²) in [5.74, 6) is -0.104. The van der Waals surface area contributed by atoms with Gasteiger partial charge in [0.25, 0.3) is 0 Å². The van der Waals surface area contributed by atoms with Gasteiger partial charge in [-0.1, -0.05) is 0 Å². The molecule has 0 bridgehead atoms. The third kappa shape index (κ3) is 2.25. The summed E-state index contributed by atoms with van der Waals surface area (Å²) < 4.78 is 0.884. The Morgan fingerprint density at radius 3 is 2.37 bits per heavy atom. The van der Waals surface area contributed by atoms with Gasteiger partial charge in [0, 0.05) is 18.3 Å². The van der Waals surface area contributed by atoms with Gasteiger partial charge in [-0.2, -0.15) is 5.10 Å². The van der Waals surface area contributed by atoms with Gasteiger partial charge in [-0.05, 0) is 34.1 Å². The average molecular weight is 304 g/mol. The maximum absolute atomic E-state index is 12.2. The predicted molar refractivity (Wildman–Crippen MR) is 76.4 cm³/mol. The molecular formula is C13H19Cl2N3O. The molecule has 0 unspecified atom stereocenters. The van der Waals surface area contributed by atoms with E-state index >= 15 is 0 Å². The van der Waals surface area contributed by atoms with Gasteiger partial charge in [0.1, 0.15) is 4.33 Å². The van der Waals surface area contributed by atoms with Crippen molar-refractivity contribution in [1.82, 2.24) is 15.1 Å². The minimum absolute atomic E-state index is 0.104. The normalized spacial score (nSPS) is 26.1. The third-order valence-corrected chi connectivity index (χ3v) is 5.21. The molecule has 0 spiro atoms. The maximum Gasteiger partial charge on any atom is 0.229 e. The summed E-state index contributed by atoms with van der Waals surface area (Å²) in [6.07, 6.45) is 0.493. The van der Waals surface area contributed by atoms with Crippen LogP contribution >= 0.6 is 23.2 Å². The topological polar surface area (TPSA) is 46.9 Å². The molecule has 1 saturated carbocycles. The molecule has 2 rings (SSSR count). The number of aryl methyl sites for hydroxylation is 2. The molecule has 1 aromatic heterocycles. The fourth-order valence-corrected chi connectivity index (χ4v) is 3.20. The van der Waals surface area contributed by atoms with E-state index in [2.05, 4.69) is 10.4 Å². The molecule has 0 aromatic carbocycles. The van der Waals surface area contributed by atoms with Crippen molar-refractivity contribution in [2.24, 2.45) is 12.5 Å². The van der Waals surface area contributed by atoms with Gasteiger partial charge in [0.05, 0.1) is 17.2 Å². The SMILES string of the molecule is Cc1nn(C)c(C)c1[C@H](C)NC(=O)[C@]1(C)CC1(Cl)Cl. The van der Waals surface area contributed by atoms with E-state index in [1.54, 1.807) is 6.92 Å². The van der Waals surface area contributed by atoms with Crippen molar-refractivity contribution in [1.29, 1.82) is 0 Å². The summed E-state index contributed by atoms with van der Waals surface area (Å²) in [5.41, 5.74) is 2.34. The Balaban J connectivity index is 2.14. The van der Waals surface area contributed by atoms with Crippen LogP contribution in [0.25, 0.3) is 0 Å². The molecule has 1 fully saturated rings. The van der Waals surface area contributed by atoms with Gasteiger partial charge in [-0.25, -0.2) is 0 Å². The first kappa shape index (κ1) is 14.7. The van der Waals surface area contributed by atoms with Crippen molar-refractivity contribution in [3.8, 4) is 0 Å². The molecule has 6 heteroatoms. The van der Waals surface area contributed by atoms with E-state index < -0.39 is 9.75 Å². The Morgan fingerprint density at radius 2 is 2.00 bits per heavy atom. The average Bonchev–Trinajstić information content (AvgIpc) is 2.67. The van der Waals surface area contributed by atoms with Gasteiger partial charge in [-0.15, -0.1) is 23.2 Å². The van der Waals surface area contributed by atoms with E-state index in [0.29, 0.717) is 6.42 Å². The molecule has 1 aliphatic carbocycles. The van der Waals surface area contributed by atoms with E-state index in [1.807, 2.05) is 32.5 Å². The molecule has 1 amide bonds. The van der Waals surface area contributed by atoms with Crippen LogP contribution in [0.2, 0.25) is 0 Å². The Bertz CT molecular complexity index is 538. The second-order valence-corrected chi connectivity index (χ2v) is 7.10. The number of alkyl halides is 2. The summed E-state index contributed by atoms with van der Waals surface area (Å²) in [5, 5.41) is 7.35. The van der Waals surface area contributed by atoms with Crippen LogP contribution in [0.4, 0.5) is 0 Å². The molecule has 19 heavy (non-hydrogen) atoms. The van der Waals surface area contributed by atoms with Gasteiger partial charge in [0.15, 0.2) is 0 Å². The van der Waals surface area contributed by atoms with E-state index in [0.717, 1.165) is 17.0 Å².